The number of nitro groups is 1. The Morgan fingerprint density at radius 2 is 1.72 bits per heavy atom. The Labute approximate surface area is 159 Å². The van der Waals surface area contributed by atoms with E-state index in [1.807, 2.05) is 22.9 Å². The van der Waals surface area contributed by atoms with Crippen molar-refractivity contribution >= 4 is 40.5 Å². The fourth-order valence-electron chi connectivity index (χ4n) is 2.76. The summed E-state index contributed by atoms with van der Waals surface area (Å²) in [6.45, 7) is 7.04. The first-order chi connectivity index (χ1) is 12.0. The molecule has 0 N–H and O–H groups in total. The summed E-state index contributed by atoms with van der Waals surface area (Å²) in [5.41, 5.74) is 0.202. The Morgan fingerprint density at radius 3 is 2.36 bits per heavy atom. The lowest BCUT2D eigenvalue weighted by atomic mass is 10.3. The molecule has 0 fully saturated rings. The predicted molar refractivity (Wildman–Crippen MR) is 113 cm³/mol. The second-order valence-corrected chi connectivity index (χ2v) is 14.2. The monoisotopic (exact) mass is 391 g/mol. The van der Waals surface area contributed by atoms with Crippen molar-refractivity contribution in [1.29, 1.82) is 0 Å². The number of para-hydroxylation sites is 1. The Bertz CT molecular complexity index is 695. The minimum absolute atomic E-state index is 0.202. The van der Waals surface area contributed by atoms with Crippen LogP contribution in [0.25, 0.3) is 0 Å². The lowest BCUT2D eigenvalue weighted by Crippen LogP contribution is -2.50. The topological polar surface area (TPSA) is 43.1 Å². The van der Waals surface area contributed by atoms with E-state index in [-0.39, 0.29) is 10.6 Å². The van der Waals surface area contributed by atoms with Crippen LogP contribution in [0.3, 0.4) is 0 Å². The van der Waals surface area contributed by atoms with Crippen LogP contribution in [0.15, 0.2) is 59.5 Å². The van der Waals surface area contributed by atoms with Gasteiger partial charge in [-0.05, 0) is 12.5 Å². The second-order valence-electron chi connectivity index (χ2n) is 6.62. The first-order valence-corrected chi connectivity index (χ1v) is 13.9. The zero-order chi connectivity index (χ0) is 18.3. The van der Waals surface area contributed by atoms with Gasteiger partial charge in [-0.1, -0.05) is 102 Å². The van der Waals surface area contributed by atoms with Crippen LogP contribution in [0.2, 0.25) is 13.1 Å². The smallest absolute Gasteiger partial charge is 0.258 e. The molecule has 2 aromatic carbocycles. The first kappa shape index (κ1) is 20.1. The third kappa shape index (κ3) is 5.36. The molecule has 0 amide bonds. The van der Waals surface area contributed by atoms with Gasteiger partial charge in [0.25, 0.3) is 5.69 Å². The second kappa shape index (κ2) is 9.45. The molecule has 3 nitrogen and oxygen atoms in total. The van der Waals surface area contributed by atoms with Crippen LogP contribution < -0.4 is 5.19 Å². The number of nitrogens with zero attached hydrogens (tertiary/aromatic N) is 1. The molecule has 25 heavy (non-hydrogen) atoms. The summed E-state index contributed by atoms with van der Waals surface area (Å²) in [5.74, 6) is 0. The minimum Gasteiger partial charge on any atom is -0.258 e. The number of benzene rings is 2. The van der Waals surface area contributed by atoms with E-state index in [0.717, 1.165) is 11.3 Å². The lowest BCUT2D eigenvalue weighted by molar-refractivity contribution is -0.387. The molecule has 0 radical (unpaired) electrons. The molecular formula is C19H25NO2S2Si. The van der Waals surface area contributed by atoms with E-state index in [1.165, 1.54) is 18.0 Å². The van der Waals surface area contributed by atoms with Crippen LogP contribution in [0.1, 0.15) is 26.2 Å². The summed E-state index contributed by atoms with van der Waals surface area (Å²) < 4.78 is 0. The van der Waals surface area contributed by atoms with E-state index in [4.69, 9.17) is 0 Å². The molecule has 134 valence electrons. The maximum absolute atomic E-state index is 11.2. The molecule has 1 unspecified atom stereocenters. The molecule has 2 rings (SSSR count). The highest BCUT2D eigenvalue weighted by molar-refractivity contribution is 8.77. The van der Waals surface area contributed by atoms with Gasteiger partial charge in [0, 0.05) is 10.9 Å². The Hall–Kier alpha value is -1.24. The van der Waals surface area contributed by atoms with E-state index in [2.05, 4.69) is 50.3 Å². The van der Waals surface area contributed by atoms with E-state index in [1.54, 1.807) is 22.9 Å². The average Bonchev–Trinajstić information content (AvgIpc) is 2.62. The SMILES string of the molecule is CCCCC(SSc1ccccc1[N+](=O)[O-])[Si](C)(C)c1ccccc1. The molecule has 0 aliphatic rings. The molecule has 2 aromatic rings. The van der Waals surface area contributed by atoms with Crippen LogP contribution >= 0.6 is 21.6 Å². The van der Waals surface area contributed by atoms with Crippen molar-refractivity contribution in [1.82, 2.24) is 0 Å². The Balaban J connectivity index is 2.20. The van der Waals surface area contributed by atoms with E-state index >= 15 is 0 Å². The Kier molecular flexibility index (Phi) is 7.59. The van der Waals surface area contributed by atoms with Crippen molar-refractivity contribution in [3.05, 3.63) is 64.7 Å². The summed E-state index contributed by atoms with van der Waals surface area (Å²) in [4.78, 5) is 12.2. The van der Waals surface area contributed by atoms with Crippen molar-refractivity contribution in [2.24, 2.45) is 0 Å². The summed E-state index contributed by atoms with van der Waals surface area (Å²) in [6.07, 6.45) is 3.52. The van der Waals surface area contributed by atoms with Gasteiger partial charge in [0.2, 0.25) is 0 Å². The van der Waals surface area contributed by atoms with Gasteiger partial charge in [-0.2, -0.15) is 0 Å². The van der Waals surface area contributed by atoms with Crippen molar-refractivity contribution in [3.8, 4) is 0 Å². The van der Waals surface area contributed by atoms with Crippen LogP contribution in [0.5, 0.6) is 0 Å². The number of nitro benzene ring substituents is 1. The van der Waals surface area contributed by atoms with Gasteiger partial charge in [0.1, 0.15) is 0 Å². The van der Waals surface area contributed by atoms with Crippen molar-refractivity contribution in [2.75, 3.05) is 0 Å². The number of hydrogen-bond donors (Lipinski definition) is 0. The molecule has 0 saturated carbocycles. The maximum atomic E-state index is 11.2. The third-order valence-electron chi connectivity index (χ3n) is 4.46. The molecule has 1 atom stereocenters. The van der Waals surface area contributed by atoms with E-state index in [9.17, 15) is 10.1 Å². The average molecular weight is 392 g/mol. The van der Waals surface area contributed by atoms with Gasteiger partial charge in [0.15, 0.2) is 0 Å². The predicted octanol–water partition coefficient (Wildman–Crippen LogP) is 6.05. The van der Waals surface area contributed by atoms with Crippen LogP contribution in [0.4, 0.5) is 5.69 Å². The van der Waals surface area contributed by atoms with E-state index < -0.39 is 8.07 Å². The quantitative estimate of drug-likeness (QED) is 0.226. The van der Waals surface area contributed by atoms with Crippen LogP contribution in [0, 0.1) is 10.1 Å². The van der Waals surface area contributed by atoms with Gasteiger partial charge in [-0.3, -0.25) is 10.1 Å². The highest BCUT2D eigenvalue weighted by Gasteiger charge is 2.34. The number of hydrogen-bond acceptors (Lipinski definition) is 4. The van der Waals surface area contributed by atoms with Crippen LogP contribution in [-0.4, -0.2) is 17.9 Å². The largest absolute Gasteiger partial charge is 0.283 e. The zero-order valence-corrected chi connectivity index (χ0v) is 17.6. The lowest BCUT2D eigenvalue weighted by Gasteiger charge is -2.32. The molecule has 0 aliphatic heterocycles. The zero-order valence-electron chi connectivity index (χ0n) is 15.0. The highest BCUT2D eigenvalue weighted by atomic mass is 33.1. The molecule has 0 bridgehead atoms. The number of rotatable bonds is 9. The molecule has 0 aromatic heterocycles. The van der Waals surface area contributed by atoms with Crippen molar-refractivity contribution in [3.63, 3.8) is 0 Å². The molecule has 0 spiro atoms. The molecular weight excluding hydrogens is 366 g/mol. The van der Waals surface area contributed by atoms with Crippen LogP contribution in [-0.2, 0) is 0 Å². The maximum Gasteiger partial charge on any atom is 0.283 e. The van der Waals surface area contributed by atoms with Crippen molar-refractivity contribution in [2.45, 2.75) is 49.0 Å². The van der Waals surface area contributed by atoms with Gasteiger partial charge in [-0.15, -0.1) is 0 Å². The molecule has 0 aliphatic carbocycles. The van der Waals surface area contributed by atoms with Crippen molar-refractivity contribution < 1.29 is 4.92 Å². The van der Waals surface area contributed by atoms with Gasteiger partial charge in [-0.25, -0.2) is 0 Å². The first-order valence-electron chi connectivity index (χ1n) is 8.59. The van der Waals surface area contributed by atoms with Gasteiger partial charge in [0.05, 0.1) is 17.9 Å². The molecule has 6 heteroatoms. The molecule has 0 heterocycles. The Morgan fingerprint density at radius 1 is 1.08 bits per heavy atom. The third-order valence-corrected chi connectivity index (χ3v) is 13.4. The summed E-state index contributed by atoms with van der Waals surface area (Å²) in [5, 5.41) is 12.7. The van der Waals surface area contributed by atoms with Gasteiger partial charge >= 0.3 is 0 Å². The molecule has 0 saturated heterocycles. The summed E-state index contributed by atoms with van der Waals surface area (Å²) in [6, 6.07) is 17.8. The highest BCUT2D eigenvalue weighted by Crippen LogP contribution is 2.43. The fraction of sp³-hybridized carbons (Fsp3) is 0.368. The minimum atomic E-state index is -1.67. The fourth-order valence-corrected chi connectivity index (χ4v) is 11.3. The number of unbranched alkanes of at least 4 members (excludes halogenated alkanes) is 1. The van der Waals surface area contributed by atoms with E-state index in [0.29, 0.717) is 4.87 Å². The standard InChI is InChI=1S/C19H25NO2S2Si/c1-4-5-15-19(25(2,3)16-11-7-6-8-12-16)24-23-18-14-10-9-13-17(18)20(21)22/h6-14,19H,4-5,15H2,1-3H3. The van der Waals surface area contributed by atoms with Gasteiger partial charge < -0.3 is 0 Å². The summed E-state index contributed by atoms with van der Waals surface area (Å²) >= 11 is 0. The summed E-state index contributed by atoms with van der Waals surface area (Å²) in [7, 11) is 1.71. The normalized spacial score (nSPS) is 12.8.